The summed E-state index contributed by atoms with van der Waals surface area (Å²) in [5.41, 5.74) is 10.7. The van der Waals surface area contributed by atoms with Crippen LogP contribution in [0.2, 0.25) is 0 Å². The molecule has 7 nitrogen and oxygen atoms in total. The Morgan fingerprint density at radius 1 is 1.06 bits per heavy atom. The fourth-order valence-electron chi connectivity index (χ4n) is 4.39. The first-order chi connectivity index (χ1) is 15.1. The lowest BCUT2D eigenvalue weighted by atomic mass is 9.95. The highest BCUT2D eigenvalue weighted by Gasteiger charge is 2.29. The third-order valence-corrected chi connectivity index (χ3v) is 6.10. The summed E-state index contributed by atoms with van der Waals surface area (Å²) in [7, 11) is 0. The Morgan fingerprint density at radius 2 is 1.94 bits per heavy atom. The zero-order valence-corrected chi connectivity index (χ0v) is 17.1. The number of aliphatic hydroxyl groups is 2. The first kappa shape index (κ1) is 19.8. The van der Waals surface area contributed by atoms with Crippen LogP contribution in [0.4, 0.5) is 0 Å². The van der Waals surface area contributed by atoms with Crippen molar-refractivity contribution in [3.05, 3.63) is 72.2 Å². The van der Waals surface area contributed by atoms with Crippen LogP contribution < -0.4 is 5.73 Å². The molecule has 0 radical (unpaired) electrons. The van der Waals surface area contributed by atoms with Gasteiger partial charge in [0.25, 0.3) is 0 Å². The molecule has 4 aromatic rings. The van der Waals surface area contributed by atoms with Gasteiger partial charge in [-0.25, -0.2) is 9.67 Å². The minimum Gasteiger partial charge on any atom is -0.393 e. The number of benzene rings is 1. The third kappa shape index (κ3) is 3.83. The van der Waals surface area contributed by atoms with Crippen LogP contribution >= 0.6 is 0 Å². The number of fused-ring (bicyclic) bond motifs is 1. The molecule has 1 aliphatic carbocycles. The highest BCUT2D eigenvalue weighted by atomic mass is 16.3. The van der Waals surface area contributed by atoms with E-state index < -0.39 is 0 Å². The molecule has 0 amide bonds. The molecule has 1 unspecified atom stereocenters. The number of nitrogens with two attached hydrogens (primary N) is 1. The van der Waals surface area contributed by atoms with Crippen molar-refractivity contribution in [2.75, 3.05) is 0 Å². The van der Waals surface area contributed by atoms with Gasteiger partial charge in [-0.2, -0.15) is 5.10 Å². The van der Waals surface area contributed by atoms with E-state index in [1.165, 1.54) is 0 Å². The van der Waals surface area contributed by atoms with Gasteiger partial charge in [-0.05, 0) is 55.5 Å². The minimum absolute atomic E-state index is 0.118. The Hall–Kier alpha value is -3.13. The molecule has 158 valence electrons. The number of aromatic nitrogens is 4. The summed E-state index contributed by atoms with van der Waals surface area (Å²) >= 11 is 0. The molecule has 0 bridgehead atoms. The van der Waals surface area contributed by atoms with E-state index in [-0.39, 0.29) is 24.7 Å². The molecule has 1 fully saturated rings. The Morgan fingerprint density at radius 3 is 2.74 bits per heavy atom. The van der Waals surface area contributed by atoms with Gasteiger partial charge in [-0.3, -0.25) is 4.98 Å². The molecular weight excluding hydrogens is 390 g/mol. The van der Waals surface area contributed by atoms with Crippen molar-refractivity contribution in [2.24, 2.45) is 11.7 Å². The summed E-state index contributed by atoms with van der Waals surface area (Å²) in [6.07, 6.45) is 4.03. The van der Waals surface area contributed by atoms with Crippen LogP contribution in [0.5, 0.6) is 0 Å². The number of nitrogens with zero attached hydrogens (tertiary/aromatic N) is 4. The zero-order valence-electron chi connectivity index (χ0n) is 17.1. The van der Waals surface area contributed by atoms with E-state index in [0.29, 0.717) is 11.5 Å². The first-order valence-corrected chi connectivity index (χ1v) is 10.6. The smallest absolute Gasteiger partial charge is 0.154 e. The zero-order chi connectivity index (χ0) is 21.4. The Bertz CT molecular complexity index is 1220. The number of hydrogen-bond donors (Lipinski definition) is 3. The van der Waals surface area contributed by atoms with Crippen molar-refractivity contribution < 1.29 is 10.2 Å². The predicted octanol–water partition coefficient (Wildman–Crippen LogP) is 3.14. The average molecular weight is 415 g/mol. The fraction of sp³-hybridized carbons (Fsp3) is 0.292. The molecule has 1 aliphatic rings. The SMILES string of the molecule is N[C@@H](c1cccc(-c2ccc3cnn(-c4cccc(CO)n4)c3c2)n1)C1CC[C@H](O)C1. The quantitative estimate of drug-likeness (QED) is 0.462. The van der Waals surface area contributed by atoms with Crippen LogP contribution in [0.25, 0.3) is 28.0 Å². The molecule has 1 saturated carbocycles. The van der Waals surface area contributed by atoms with E-state index in [2.05, 4.69) is 10.1 Å². The fourth-order valence-corrected chi connectivity index (χ4v) is 4.39. The summed E-state index contributed by atoms with van der Waals surface area (Å²) < 4.78 is 1.77. The Labute approximate surface area is 180 Å². The molecular formula is C24H25N5O2. The number of pyridine rings is 2. The van der Waals surface area contributed by atoms with E-state index in [1.54, 1.807) is 16.9 Å². The average Bonchev–Trinajstić information content (AvgIpc) is 3.44. The van der Waals surface area contributed by atoms with Crippen molar-refractivity contribution in [1.82, 2.24) is 19.7 Å². The molecule has 0 saturated heterocycles. The normalized spacial score (nSPS) is 19.7. The molecule has 31 heavy (non-hydrogen) atoms. The van der Waals surface area contributed by atoms with Crippen molar-refractivity contribution in [1.29, 1.82) is 0 Å². The number of rotatable bonds is 5. The molecule has 7 heteroatoms. The lowest BCUT2D eigenvalue weighted by molar-refractivity contribution is 0.175. The van der Waals surface area contributed by atoms with Crippen molar-refractivity contribution in [2.45, 2.75) is 38.0 Å². The van der Waals surface area contributed by atoms with Crippen LogP contribution in [0, 0.1) is 5.92 Å². The van der Waals surface area contributed by atoms with Crippen molar-refractivity contribution in [3.8, 4) is 17.1 Å². The molecule has 3 aromatic heterocycles. The second-order valence-electron chi connectivity index (χ2n) is 8.18. The highest BCUT2D eigenvalue weighted by molar-refractivity contribution is 5.84. The van der Waals surface area contributed by atoms with Crippen molar-refractivity contribution >= 4 is 10.9 Å². The molecule has 4 N–H and O–H groups in total. The maximum Gasteiger partial charge on any atom is 0.154 e. The molecule has 0 spiro atoms. The molecule has 3 heterocycles. The maximum atomic E-state index is 9.86. The molecule has 3 atom stereocenters. The van der Waals surface area contributed by atoms with E-state index in [0.717, 1.165) is 47.1 Å². The second kappa shape index (κ2) is 8.19. The lowest BCUT2D eigenvalue weighted by Gasteiger charge is -2.19. The van der Waals surface area contributed by atoms with Gasteiger partial charge in [-0.15, -0.1) is 0 Å². The second-order valence-corrected chi connectivity index (χ2v) is 8.18. The summed E-state index contributed by atoms with van der Waals surface area (Å²) in [5.74, 6) is 0.911. The largest absolute Gasteiger partial charge is 0.393 e. The van der Waals surface area contributed by atoms with Gasteiger partial charge in [0.2, 0.25) is 0 Å². The lowest BCUT2D eigenvalue weighted by Crippen LogP contribution is -2.21. The first-order valence-electron chi connectivity index (χ1n) is 10.6. The van der Waals surface area contributed by atoms with Crippen LogP contribution in [0.3, 0.4) is 0 Å². The number of hydrogen-bond acceptors (Lipinski definition) is 6. The van der Waals surface area contributed by atoms with E-state index in [4.69, 9.17) is 10.7 Å². The summed E-state index contributed by atoms with van der Waals surface area (Å²) in [5, 5.41) is 24.7. The van der Waals surface area contributed by atoms with Gasteiger partial charge in [-0.1, -0.05) is 24.3 Å². The Kier molecular flexibility index (Phi) is 5.23. The van der Waals surface area contributed by atoms with Crippen LogP contribution in [0.15, 0.2) is 60.8 Å². The third-order valence-electron chi connectivity index (χ3n) is 6.10. The van der Waals surface area contributed by atoms with E-state index in [1.807, 2.05) is 48.5 Å². The topological polar surface area (TPSA) is 110 Å². The highest BCUT2D eigenvalue weighted by Crippen LogP contribution is 2.34. The van der Waals surface area contributed by atoms with Crippen molar-refractivity contribution in [3.63, 3.8) is 0 Å². The monoisotopic (exact) mass is 415 g/mol. The summed E-state index contributed by atoms with van der Waals surface area (Å²) in [4.78, 5) is 9.32. The molecule has 1 aromatic carbocycles. The van der Waals surface area contributed by atoms with Gasteiger partial charge in [0.15, 0.2) is 5.82 Å². The van der Waals surface area contributed by atoms with Gasteiger partial charge in [0.1, 0.15) is 0 Å². The summed E-state index contributed by atoms with van der Waals surface area (Å²) in [6.45, 7) is -0.118. The summed E-state index contributed by atoms with van der Waals surface area (Å²) in [6, 6.07) is 17.3. The van der Waals surface area contributed by atoms with Crippen LogP contribution in [0.1, 0.15) is 36.7 Å². The molecule has 0 aliphatic heterocycles. The Balaban J connectivity index is 1.51. The van der Waals surface area contributed by atoms with Gasteiger partial charge >= 0.3 is 0 Å². The maximum absolute atomic E-state index is 9.86. The van der Waals surface area contributed by atoms with E-state index >= 15 is 0 Å². The van der Waals surface area contributed by atoms with Crippen LogP contribution in [-0.4, -0.2) is 36.1 Å². The predicted molar refractivity (Wildman–Crippen MR) is 118 cm³/mol. The standard InChI is InChI=1S/C24H25N5O2/c25-24(16-9-10-19(31)11-16)21-5-2-4-20(28-21)15-7-8-17-13-26-29(22(17)12-15)23-6-1-3-18(14-30)27-23/h1-8,12-13,16,19,24,30-31H,9-11,14,25H2/t16?,19-,24+/m0/s1. The van der Waals surface area contributed by atoms with Gasteiger partial charge < -0.3 is 15.9 Å². The van der Waals surface area contributed by atoms with Crippen LogP contribution in [-0.2, 0) is 6.61 Å². The van der Waals surface area contributed by atoms with Gasteiger partial charge in [0.05, 0.1) is 41.5 Å². The molecule has 5 rings (SSSR count). The van der Waals surface area contributed by atoms with Gasteiger partial charge in [0, 0.05) is 17.0 Å². The minimum atomic E-state index is -0.250. The van der Waals surface area contributed by atoms with E-state index in [9.17, 15) is 10.2 Å². The number of aliphatic hydroxyl groups excluding tert-OH is 2.